The SMILES string of the molecule is CNS(=O)(=O)c1cccc(C(=O)O[C@H](C(=O)Nc2ccc(Cl)cc2C(F)(F)F)c2ccccc2)c1. The van der Waals surface area contributed by atoms with Crippen LogP contribution in [0.25, 0.3) is 0 Å². The molecule has 12 heteroatoms. The highest BCUT2D eigenvalue weighted by atomic mass is 35.5. The van der Waals surface area contributed by atoms with Crippen LogP contribution >= 0.6 is 11.6 Å². The van der Waals surface area contributed by atoms with Gasteiger partial charge < -0.3 is 10.1 Å². The Morgan fingerprint density at radius 3 is 2.29 bits per heavy atom. The molecule has 3 aromatic rings. The summed E-state index contributed by atoms with van der Waals surface area (Å²) in [5.41, 5.74) is -1.76. The number of sulfonamides is 1. The first-order chi connectivity index (χ1) is 16.4. The molecule has 35 heavy (non-hydrogen) atoms. The summed E-state index contributed by atoms with van der Waals surface area (Å²) < 4.78 is 71.9. The number of anilines is 1. The monoisotopic (exact) mass is 526 g/mol. The predicted molar refractivity (Wildman–Crippen MR) is 122 cm³/mol. The molecule has 1 amide bonds. The van der Waals surface area contributed by atoms with Crippen LogP contribution < -0.4 is 10.0 Å². The van der Waals surface area contributed by atoms with E-state index < -0.39 is 45.4 Å². The van der Waals surface area contributed by atoms with Crippen LogP contribution in [0, 0.1) is 0 Å². The van der Waals surface area contributed by atoms with Crippen molar-refractivity contribution in [2.45, 2.75) is 17.2 Å². The number of ether oxygens (including phenoxy) is 1. The molecular weight excluding hydrogens is 509 g/mol. The first-order valence-electron chi connectivity index (χ1n) is 9.89. The van der Waals surface area contributed by atoms with Crippen LogP contribution in [-0.4, -0.2) is 27.3 Å². The molecule has 0 unspecified atom stereocenters. The van der Waals surface area contributed by atoms with Gasteiger partial charge in [0.25, 0.3) is 5.91 Å². The minimum Gasteiger partial charge on any atom is -0.444 e. The second-order valence-electron chi connectivity index (χ2n) is 7.11. The van der Waals surface area contributed by atoms with Crippen LogP contribution in [0.5, 0.6) is 0 Å². The smallest absolute Gasteiger partial charge is 0.418 e. The molecule has 0 radical (unpaired) electrons. The van der Waals surface area contributed by atoms with Crippen molar-refractivity contribution in [2.75, 3.05) is 12.4 Å². The zero-order valence-corrected chi connectivity index (χ0v) is 19.5. The molecule has 0 aliphatic rings. The largest absolute Gasteiger partial charge is 0.444 e. The number of amides is 1. The third-order valence-electron chi connectivity index (χ3n) is 4.76. The van der Waals surface area contributed by atoms with Gasteiger partial charge in [-0.3, -0.25) is 4.79 Å². The predicted octanol–water partition coefficient (Wildman–Crippen LogP) is 4.80. The molecule has 184 valence electrons. The third kappa shape index (κ3) is 6.38. The molecule has 0 saturated carbocycles. The van der Waals surface area contributed by atoms with Crippen molar-refractivity contribution in [3.05, 3.63) is 94.5 Å². The number of carbonyl (C=O) groups is 2. The quantitative estimate of drug-likeness (QED) is 0.430. The maximum atomic E-state index is 13.4. The van der Waals surface area contributed by atoms with Gasteiger partial charge in [0.2, 0.25) is 16.1 Å². The van der Waals surface area contributed by atoms with Crippen LogP contribution in [0.1, 0.15) is 27.6 Å². The molecular formula is C23H18ClF3N2O5S. The summed E-state index contributed by atoms with van der Waals surface area (Å²) >= 11 is 5.68. The summed E-state index contributed by atoms with van der Waals surface area (Å²) in [7, 11) is -2.67. The van der Waals surface area contributed by atoms with Gasteiger partial charge in [-0.25, -0.2) is 17.9 Å². The van der Waals surface area contributed by atoms with E-state index in [1.54, 1.807) is 18.2 Å². The molecule has 2 N–H and O–H groups in total. The van der Waals surface area contributed by atoms with Gasteiger partial charge in [0.1, 0.15) is 0 Å². The lowest BCUT2D eigenvalue weighted by Gasteiger charge is -2.20. The first kappa shape index (κ1) is 26.2. The minimum atomic E-state index is -4.81. The van der Waals surface area contributed by atoms with Crippen LogP contribution in [0.3, 0.4) is 0 Å². The fourth-order valence-electron chi connectivity index (χ4n) is 3.04. The molecule has 3 aromatic carbocycles. The van der Waals surface area contributed by atoms with E-state index in [9.17, 15) is 31.2 Å². The Hall–Kier alpha value is -3.41. The molecule has 7 nitrogen and oxygen atoms in total. The summed E-state index contributed by atoms with van der Waals surface area (Å²) in [5, 5.41) is 1.96. The topological polar surface area (TPSA) is 102 Å². The molecule has 0 aliphatic heterocycles. The van der Waals surface area contributed by atoms with Crippen LogP contribution in [0.15, 0.2) is 77.7 Å². The number of hydrogen-bond donors (Lipinski definition) is 2. The lowest BCUT2D eigenvalue weighted by molar-refractivity contribution is -0.137. The normalized spacial score (nSPS) is 12.6. The second-order valence-corrected chi connectivity index (χ2v) is 9.43. The molecule has 0 saturated heterocycles. The highest BCUT2D eigenvalue weighted by Gasteiger charge is 2.35. The summed E-state index contributed by atoms with van der Waals surface area (Å²) in [6, 6.07) is 15.3. The highest BCUT2D eigenvalue weighted by molar-refractivity contribution is 7.89. The summed E-state index contributed by atoms with van der Waals surface area (Å²) in [4.78, 5) is 25.6. The van der Waals surface area contributed by atoms with E-state index in [2.05, 4.69) is 10.0 Å². The Kier molecular flexibility index (Phi) is 7.83. The van der Waals surface area contributed by atoms with Crippen molar-refractivity contribution in [1.82, 2.24) is 4.72 Å². The van der Waals surface area contributed by atoms with E-state index >= 15 is 0 Å². The average molecular weight is 527 g/mol. The van der Waals surface area contributed by atoms with Gasteiger partial charge in [-0.05, 0) is 43.4 Å². The van der Waals surface area contributed by atoms with E-state index in [-0.39, 0.29) is 21.0 Å². The Morgan fingerprint density at radius 2 is 1.66 bits per heavy atom. The Labute approximate surface area is 203 Å². The number of halogens is 4. The second kappa shape index (κ2) is 10.5. The summed E-state index contributed by atoms with van der Waals surface area (Å²) in [5.74, 6) is -2.12. The van der Waals surface area contributed by atoms with Gasteiger partial charge in [-0.15, -0.1) is 0 Å². The van der Waals surface area contributed by atoms with E-state index in [1.807, 2.05) is 0 Å². The van der Waals surface area contributed by atoms with Crippen molar-refractivity contribution in [1.29, 1.82) is 0 Å². The fourth-order valence-corrected chi connectivity index (χ4v) is 3.99. The number of nitrogens with one attached hydrogen (secondary N) is 2. The van der Waals surface area contributed by atoms with Gasteiger partial charge in [-0.1, -0.05) is 48.0 Å². The fraction of sp³-hybridized carbons (Fsp3) is 0.130. The van der Waals surface area contributed by atoms with Gasteiger partial charge in [0, 0.05) is 10.6 Å². The molecule has 1 atom stereocenters. The lowest BCUT2D eigenvalue weighted by atomic mass is 10.1. The van der Waals surface area contributed by atoms with Crippen molar-refractivity contribution in [2.24, 2.45) is 0 Å². The standard InChI is InChI=1S/C23H18ClF3N2O5S/c1-28-35(32,33)17-9-5-8-15(12-17)22(31)34-20(14-6-3-2-4-7-14)21(30)29-19-11-10-16(24)13-18(19)23(25,26)27/h2-13,20,28H,1H3,(H,29,30)/t20-/m0/s1. The van der Waals surface area contributed by atoms with Crippen molar-refractivity contribution < 1.29 is 35.9 Å². The van der Waals surface area contributed by atoms with Crippen LogP contribution in [0.2, 0.25) is 5.02 Å². The van der Waals surface area contributed by atoms with Gasteiger partial charge in [0.15, 0.2) is 0 Å². The Morgan fingerprint density at radius 1 is 0.971 bits per heavy atom. The van der Waals surface area contributed by atoms with E-state index in [0.717, 1.165) is 12.1 Å². The molecule has 0 spiro atoms. The maximum absolute atomic E-state index is 13.4. The first-order valence-corrected chi connectivity index (χ1v) is 11.8. The van der Waals surface area contributed by atoms with Crippen LogP contribution in [-0.2, 0) is 25.7 Å². The van der Waals surface area contributed by atoms with Crippen molar-refractivity contribution in [3.8, 4) is 0 Å². The lowest BCUT2D eigenvalue weighted by Crippen LogP contribution is -2.27. The number of rotatable bonds is 7. The molecule has 0 aliphatic carbocycles. The molecule has 0 heterocycles. The Balaban J connectivity index is 1.94. The van der Waals surface area contributed by atoms with E-state index in [1.165, 1.54) is 43.4 Å². The molecule has 0 bridgehead atoms. The number of alkyl halides is 3. The van der Waals surface area contributed by atoms with Crippen LogP contribution in [0.4, 0.5) is 18.9 Å². The number of carbonyl (C=O) groups excluding carboxylic acids is 2. The van der Waals surface area contributed by atoms with Gasteiger partial charge in [-0.2, -0.15) is 13.2 Å². The van der Waals surface area contributed by atoms with Crippen molar-refractivity contribution >= 4 is 39.2 Å². The average Bonchev–Trinajstić information content (AvgIpc) is 2.83. The molecule has 0 fully saturated rings. The van der Waals surface area contributed by atoms with E-state index in [0.29, 0.717) is 6.07 Å². The van der Waals surface area contributed by atoms with Crippen molar-refractivity contribution in [3.63, 3.8) is 0 Å². The number of hydrogen-bond acceptors (Lipinski definition) is 5. The summed E-state index contributed by atoms with van der Waals surface area (Å²) in [6.07, 6.45) is -6.46. The van der Waals surface area contributed by atoms with Gasteiger partial charge >= 0.3 is 12.1 Å². The Bertz CT molecular complexity index is 1350. The van der Waals surface area contributed by atoms with E-state index in [4.69, 9.17) is 16.3 Å². The molecule has 3 rings (SSSR count). The number of benzene rings is 3. The highest BCUT2D eigenvalue weighted by Crippen LogP contribution is 2.37. The third-order valence-corrected chi connectivity index (χ3v) is 6.41. The molecule has 0 aromatic heterocycles. The number of esters is 1. The summed E-state index contributed by atoms with van der Waals surface area (Å²) in [6.45, 7) is 0. The zero-order valence-electron chi connectivity index (χ0n) is 18.0. The minimum absolute atomic E-state index is 0.180. The zero-order chi connectivity index (χ0) is 25.8. The van der Waals surface area contributed by atoms with Gasteiger partial charge in [0.05, 0.1) is 21.7 Å². The maximum Gasteiger partial charge on any atom is 0.418 e.